The van der Waals surface area contributed by atoms with Crippen molar-refractivity contribution in [2.45, 2.75) is 4.90 Å². The molecule has 0 bridgehead atoms. The maximum atomic E-state index is 12.5. The van der Waals surface area contributed by atoms with Gasteiger partial charge in [-0.1, -0.05) is 0 Å². The summed E-state index contributed by atoms with van der Waals surface area (Å²) in [5.41, 5.74) is 5.32. The Labute approximate surface area is 118 Å². The number of benzene rings is 1. The van der Waals surface area contributed by atoms with Crippen LogP contribution in [0.3, 0.4) is 0 Å². The van der Waals surface area contributed by atoms with Crippen LogP contribution in [0.5, 0.6) is 0 Å². The van der Waals surface area contributed by atoms with Crippen LogP contribution in [0.25, 0.3) is 0 Å². The third-order valence-corrected chi connectivity index (χ3v) is 6.22. The van der Waals surface area contributed by atoms with Crippen LogP contribution < -0.4 is 5.73 Å². The first-order chi connectivity index (χ1) is 9.32. The summed E-state index contributed by atoms with van der Waals surface area (Å²) in [6.07, 6.45) is 0. The van der Waals surface area contributed by atoms with Crippen molar-refractivity contribution in [2.24, 2.45) is 0 Å². The van der Waals surface area contributed by atoms with Gasteiger partial charge >= 0.3 is 5.97 Å². The highest BCUT2D eigenvalue weighted by atomic mass is 32.2. The highest BCUT2D eigenvalue weighted by molar-refractivity contribution is 7.89. The number of nitrogens with two attached hydrogens (primary N) is 1. The Balaban J connectivity index is 2.44. The number of rotatable bonds is 3. The van der Waals surface area contributed by atoms with Crippen molar-refractivity contribution < 1.29 is 22.5 Å². The molecule has 0 radical (unpaired) electrons. The third-order valence-electron chi connectivity index (χ3n) is 2.99. The normalized spacial score (nSPS) is 18.0. The molecule has 1 aromatic carbocycles. The number of nitrogen functional groups attached to an aromatic ring is 1. The van der Waals surface area contributed by atoms with Crippen LogP contribution in [0, 0.1) is 0 Å². The van der Waals surface area contributed by atoms with Crippen LogP contribution in [0.4, 0.5) is 5.69 Å². The average molecular weight is 318 g/mol. The second kappa shape index (κ2) is 5.51. The summed E-state index contributed by atoms with van der Waals surface area (Å²) >= 11 is 0. The lowest BCUT2D eigenvalue weighted by Gasteiger charge is -2.26. The maximum Gasteiger partial charge on any atom is 0.337 e. The molecule has 1 aliphatic heterocycles. The van der Waals surface area contributed by atoms with Crippen molar-refractivity contribution in [2.75, 3.05) is 30.3 Å². The van der Waals surface area contributed by atoms with Crippen LogP contribution in [0.15, 0.2) is 23.1 Å². The summed E-state index contributed by atoms with van der Waals surface area (Å²) in [7, 11) is -4.93. The number of hydrogen-bond donors (Lipinski definition) is 2. The first kappa shape index (κ1) is 14.9. The van der Waals surface area contributed by atoms with E-state index in [1.54, 1.807) is 0 Å². The minimum absolute atomic E-state index is 0.123. The number of nitrogens with zero attached hydrogens (tertiary/aromatic N) is 1. The second-order valence-corrected chi connectivity index (χ2v) is 7.92. The minimum atomic E-state index is -3.92. The van der Waals surface area contributed by atoms with Crippen molar-refractivity contribution in [3.05, 3.63) is 23.8 Å². The molecule has 7 nitrogen and oxygen atoms in total. The van der Waals surface area contributed by atoms with Crippen molar-refractivity contribution in [1.82, 2.24) is 4.31 Å². The fraction of sp³-hybridized carbons (Fsp3) is 0.364. The predicted molar refractivity (Wildman–Crippen MR) is 74.4 cm³/mol. The molecule has 0 saturated carbocycles. The zero-order valence-electron chi connectivity index (χ0n) is 10.5. The number of carbonyl (C=O) groups is 1. The van der Waals surface area contributed by atoms with E-state index in [0.717, 1.165) is 10.4 Å². The molecule has 1 heterocycles. The number of carboxylic acids is 1. The lowest BCUT2D eigenvalue weighted by atomic mass is 10.2. The molecule has 1 fully saturated rings. The highest BCUT2D eigenvalue weighted by Gasteiger charge is 2.31. The average Bonchev–Trinajstić information content (AvgIpc) is 2.38. The first-order valence-electron chi connectivity index (χ1n) is 5.80. The van der Waals surface area contributed by atoms with Crippen LogP contribution in [0.1, 0.15) is 10.4 Å². The molecule has 9 heteroatoms. The Morgan fingerprint density at radius 2 is 1.90 bits per heavy atom. The van der Waals surface area contributed by atoms with E-state index in [1.807, 2.05) is 0 Å². The molecule has 20 heavy (non-hydrogen) atoms. The van der Waals surface area contributed by atoms with E-state index in [9.17, 15) is 17.4 Å². The van der Waals surface area contributed by atoms with Crippen LogP contribution in [-0.4, -0.2) is 52.6 Å². The van der Waals surface area contributed by atoms with Gasteiger partial charge < -0.3 is 10.8 Å². The fourth-order valence-electron chi connectivity index (χ4n) is 1.94. The molecular weight excluding hydrogens is 304 g/mol. The van der Waals surface area contributed by atoms with Crippen LogP contribution in [-0.2, 0) is 20.8 Å². The van der Waals surface area contributed by atoms with Gasteiger partial charge in [0.25, 0.3) is 0 Å². The zero-order chi connectivity index (χ0) is 14.9. The molecule has 1 aromatic rings. The Hall–Kier alpha value is -1.45. The summed E-state index contributed by atoms with van der Waals surface area (Å²) in [6, 6.07) is 3.67. The number of aromatic carboxylic acids is 1. The van der Waals surface area contributed by atoms with E-state index in [1.165, 1.54) is 12.1 Å². The molecule has 1 aliphatic rings. The molecule has 0 amide bonds. The number of hydrogen-bond acceptors (Lipinski definition) is 5. The first-order valence-corrected chi connectivity index (χ1v) is 8.73. The van der Waals surface area contributed by atoms with Gasteiger partial charge in [-0.15, -0.1) is 0 Å². The van der Waals surface area contributed by atoms with Crippen LogP contribution >= 0.6 is 0 Å². The molecule has 2 rings (SSSR count). The Morgan fingerprint density at radius 3 is 2.45 bits per heavy atom. The smallest absolute Gasteiger partial charge is 0.337 e. The van der Waals surface area contributed by atoms with Gasteiger partial charge in [0.2, 0.25) is 10.0 Å². The van der Waals surface area contributed by atoms with Gasteiger partial charge in [0, 0.05) is 41.1 Å². The van der Waals surface area contributed by atoms with Gasteiger partial charge in [0.1, 0.15) is 0 Å². The van der Waals surface area contributed by atoms with Crippen molar-refractivity contribution in [1.29, 1.82) is 0 Å². The molecule has 0 aromatic heterocycles. The second-order valence-electron chi connectivity index (χ2n) is 4.31. The maximum absolute atomic E-state index is 12.5. The van der Waals surface area contributed by atoms with Crippen molar-refractivity contribution >= 4 is 32.5 Å². The summed E-state index contributed by atoms with van der Waals surface area (Å²) in [4.78, 5) is 10.9. The van der Waals surface area contributed by atoms with E-state index < -0.39 is 26.8 Å². The lowest BCUT2D eigenvalue weighted by molar-refractivity contribution is 0.0692. The Bertz CT molecular complexity index is 661. The summed E-state index contributed by atoms with van der Waals surface area (Å²) in [5.74, 6) is -0.829. The number of sulfonamides is 1. The Kier molecular flexibility index (Phi) is 4.11. The lowest BCUT2D eigenvalue weighted by Crippen LogP contribution is -2.42. The van der Waals surface area contributed by atoms with E-state index >= 15 is 0 Å². The van der Waals surface area contributed by atoms with E-state index in [-0.39, 0.29) is 40.7 Å². The van der Waals surface area contributed by atoms with Gasteiger partial charge in [0.15, 0.2) is 0 Å². The van der Waals surface area contributed by atoms with Crippen molar-refractivity contribution in [3.63, 3.8) is 0 Å². The molecule has 0 unspecified atom stereocenters. The van der Waals surface area contributed by atoms with Gasteiger partial charge in [-0.2, -0.15) is 4.31 Å². The number of carboxylic acid groups (broad SMARTS) is 1. The molecule has 1 saturated heterocycles. The fourth-order valence-corrected chi connectivity index (χ4v) is 4.83. The zero-order valence-corrected chi connectivity index (χ0v) is 12.1. The minimum Gasteiger partial charge on any atom is -0.478 e. The van der Waals surface area contributed by atoms with E-state index in [0.29, 0.717) is 0 Å². The molecular formula is C11H14N2O5S2. The standard InChI is InChI=1S/C11H14N2O5S2/c12-8-1-2-10(9(7-8)11(14)15)20(17,18)13-3-5-19(16)6-4-13/h1-2,7H,3-6,12H2,(H,14,15). The van der Waals surface area contributed by atoms with Gasteiger partial charge in [-0.3, -0.25) is 4.21 Å². The SMILES string of the molecule is Nc1ccc(S(=O)(=O)N2CCS(=O)CC2)c(C(=O)O)c1. The molecule has 0 atom stereocenters. The van der Waals surface area contributed by atoms with E-state index in [2.05, 4.69) is 0 Å². The molecule has 110 valence electrons. The monoisotopic (exact) mass is 318 g/mol. The molecule has 3 N–H and O–H groups in total. The topological polar surface area (TPSA) is 118 Å². The quantitative estimate of drug-likeness (QED) is 0.740. The summed E-state index contributed by atoms with van der Waals surface area (Å²) in [5, 5.41) is 9.11. The van der Waals surface area contributed by atoms with Crippen LogP contribution in [0.2, 0.25) is 0 Å². The van der Waals surface area contributed by atoms with E-state index in [4.69, 9.17) is 10.8 Å². The summed E-state index contributed by atoms with van der Waals surface area (Å²) < 4.78 is 37.3. The largest absolute Gasteiger partial charge is 0.478 e. The van der Waals surface area contributed by atoms with Gasteiger partial charge in [0.05, 0.1) is 10.5 Å². The predicted octanol–water partition coefficient (Wildman–Crippen LogP) is -0.280. The molecule has 0 spiro atoms. The van der Waals surface area contributed by atoms with Gasteiger partial charge in [-0.05, 0) is 18.2 Å². The van der Waals surface area contributed by atoms with Crippen molar-refractivity contribution in [3.8, 4) is 0 Å². The van der Waals surface area contributed by atoms with Gasteiger partial charge in [-0.25, -0.2) is 13.2 Å². The highest BCUT2D eigenvalue weighted by Crippen LogP contribution is 2.23. The summed E-state index contributed by atoms with van der Waals surface area (Å²) in [6.45, 7) is 0.247. The third kappa shape index (κ3) is 2.84. The number of anilines is 1. The molecule has 0 aliphatic carbocycles. The Morgan fingerprint density at radius 1 is 1.30 bits per heavy atom.